The number of rotatable bonds is 8. The first-order chi connectivity index (χ1) is 15.3. The molecule has 32 heavy (non-hydrogen) atoms. The van der Waals surface area contributed by atoms with Crippen LogP contribution in [0.3, 0.4) is 0 Å². The zero-order chi connectivity index (χ0) is 23.4. The topological polar surface area (TPSA) is 94.1 Å². The van der Waals surface area contributed by atoms with Crippen LogP contribution in [-0.4, -0.2) is 30.7 Å². The number of phenols is 1. The number of anilines is 1. The molecule has 0 spiro atoms. The highest BCUT2D eigenvalue weighted by Crippen LogP contribution is 2.46. The van der Waals surface area contributed by atoms with Gasteiger partial charge < -0.3 is 24.6 Å². The Kier molecular flexibility index (Phi) is 7.28. The third kappa shape index (κ3) is 4.82. The van der Waals surface area contributed by atoms with Crippen LogP contribution < -0.4 is 14.8 Å². The standard InChI is InChI=1S/C25H31NO6/c1-6-31-22(29)13-21(28)26-18-12-15(4)24(17-9-7-8-16(17)18)32-20-11-10-19(27)23(14(2)3)25(20)30-5/h10-12,14,27H,6-9,13H2,1-5H3,(H,26,28). The molecule has 1 aliphatic carbocycles. The van der Waals surface area contributed by atoms with Crippen LogP contribution in [0.15, 0.2) is 18.2 Å². The zero-order valence-electron chi connectivity index (χ0n) is 19.3. The zero-order valence-corrected chi connectivity index (χ0v) is 19.3. The molecule has 0 radical (unpaired) electrons. The molecule has 7 nitrogen and oxygen atoms in total. The second-order valence-corrected chi connectivity index (χ2v) is 8.20. The van der Waals surface area contributed by atoms with Gasteiger partial charge in [-0.2, -0.15) is 0 Å². The molecule has 1 amide bonds. The molecule has 0 unspecified atom stereocenters. The van der Waals surface area contributed by atoms with Crippen molar-refractivity contribution >= 4 is 17.6 Å². The van der Waals surface area contributed by atoms with Crippen LogP contribution in [0.25, 0.3) is 0 Å². The van der Waals surface area contributed by atoms with E-state index in [1.54, 1.807) is 26.2 Å². The molecule has 7 heteroatoms. The number of hydrogen-bond donors (Lipinski definition) is 2. The first-order valence-electron chi connectivity index (χ1n) is 10.9. The minimum atomic E-state index is -0.543. The monoisotopic (exact) mass is 441 g/mol. The Hall–Kier alpha value is -3.22. The van der Waals surface area contributed by atoms with Crippen molar-refractivity contribution in [2.75, 3.05) is 19.0 Å². The first kappa shape index (κ1) is 23.4. The summed E-state index contributed by atoms with van der Waals surface area (Å²) in [6, 6.07) is 5.20. The van der Waals surface area contributed by atoms with Gasteiger partial charge in [0.05, 0.1) is 13.7 Å². The second kappa shape index (κ2) is 9.94. The Bertz CT molecular complexity index is 1030. The van der Waals surface area contributed by atoms with E-state index in [2.05, 4.69) is 5.32 Å². The number of carbonyl (C=O) groups is 2. The third-order valence-electron chi connectivity index (χ3n) is 5.55. The van der Waals surface area contributed by atoms with Crippen LogP contribution in [0.5, 0.6) is 23.0 Å². The van der Waals surface area contributed by atoms with E-state index < -0.39 is 11.9 Å². The van der Waals surface area contributed by atoms with Gasteiger partial charge in [0.2, 0.25) is 5.91 Å². The van der Waals surface area contributed by atoms with E-state index in [0.29, 0.717) is 22.7 Å². The van der Waals surface area contributed by atoms with Crippen LogP contribution in [-0.2, 0) is 27.2 Å². The van der Waals surface area contributed by atoms with Gasteiger partial charge in [0.15, 0.2) is 11.5 Å². The number of phenolic OH excluding ortho intramolecular Hbond substituents is 1. The molecule has 0 aliphatic heterocycles. The Balaban J connectivity index is 1.94. The lowest BCUT2D eigenvalue weighted by Crippen LogP contribution is -2.19. The molecule has 2 aromatic carbocycles. The number of benzene rings is 2. The average molecular weight is 442 g/mol. The molecule has 0 aromatic heterocycles. The van der Waals surface area contributed by atoms with Crippen molar-refractivity contribution in [3.63, 3.8) is 0 Å². The van der Waals surface area contributed by atoms with Gasteiger partial charge in [0.25, 0.3) is 0 Å². The molecule has 0 saturated heterocycles. The molecular formula is C25H31NO6. The normalized spacial score (nSPS) is 12.4. The molecule has 0 saturated carbocycles. The number of hydrogen-bond acceptors (Lipinski definition) is 6. The van der Waals surface area contributed by atoms with Crippen LogP contribution in [0.4, 0.5) is 5.69 Å². The molecule has 0 heterocycles. The van der Waals surface area contributed by atoms with Crippen molar-refractivity contribution in [1.82, 2.24) is 0 Å². The summed E-state index contributed by atoms with van der Waals surface area (Å²) < 4.78 is 16.8. The number of methoxy groups -OCH3 is 1. The number of esters is 1. The number of carbonyl (C=O) groups excluding carboxylic acids is 2. The summed E-state index contributed by atoms with van der Waals surface area (Å²) in [5.41, 5.74) is 4.32. The summed E-state index contributed by atoms with van der Waals surface area (Å²) in [5, 5.41) is 13.2. The van der Waals surface area contributed by atoms with Gasteiger partial charge in [-0.25, -0.2) is 0 Å². The maximum atomic E-state index is 12.3. The highest BCUT2D eigenvalue weighted by molar-refractivity contribution is 6.02. The molecule has 0 bridgehead atoms. The number of aryl methyl sites for hydroxylation is 1. The highest BCUT2D eigenvalue weighted by Gasteiger charge is 2.25. The number of nitrogens with one attached hydrogen (secondary N) is 1. The van der Waals surface area contributed by atoms with E-state index in [-0.39, 0.29) is 24.7 Å². The minimum Gasteiger partial charge on any atom is -0.508 e. The highest BCUT2D eigenvalue weighted by atomic mass is 16.5. The van der Waals surface area contributed by atoms with E-state index >= 15 is 0 Å². The Labute approximate surface area is 188 Å². The van der Waals surface area contributed by atoms with Gasteiger partial charge in [0, 0.05) is 16.8 Å². The van der Waals surface area contributed by atoms with E-state index in [0.717, 1.165) is 41.7 Å². The van der Waals surface area contributed by atoms with E-state index in [1.165, 1.54) is 0 Å². The van der Waals surface area contributed by atoms with Crippen LogP contribution in [0, 0.1) is 6.92 Å². The van der Waals surface area contributed by atoms with Gasteiger partial charge in [-0.05, 0) is 68.4 Å². The van der Waals surface area contributed by atoms with Crippen molar-refractivity contribution < 1.29 is 28.9 Å². The molecule has 2 aromatic rings. The average Bonchev–Trinajstić information content (AvgIpc) is 3.21. The lowest BCUT2D eigenvalue weighted by Gasteiger charge is -2.21. The molecule has 2 N–H and O–H groups in total. The summed E-state index contributed by atoms with van der Waals surface area (Å²) in [5.74, 6) is 1.07. The van der Waals surface area contributed by atoms with Gasteiger partial charge in [0.1, 0.15) is 17.9 Å². The number of aromatic hydroxyl groups is 1. The predicted octanol–water partition coefficient (Wildman–Crippen LogP) is 5.01. The van der Waals surface area contributed by atoms with Crippen molar-refractivity contribution in [2.45, 2.75) is 59.3 Å². The quantitative estimate of drug-likeness (QED) is 0.442. The fraction of sp³-hybridized carbons (Fsp3) is 0.440. The maximum Gasteiger partial charge on any atom is 0.315 e. The van der Waals surface area contributed by atoms with Gasteiger partial charge in [-0.1, -0.05) is 13.8 Å². The summed E-state index contributed by atoms with van der Waals surface area (Å²) in [6.07, 6.45) is 2.26. The third-order valence-corrected chi connectivity index (χ3v) is 5.55. The lowest BCUT2D eigenvalue weighted by molar-refractivity contribution is -0.145. The summed E-state index contributed by atoms with van der Waals surface area (Å²) in [4.78, 5) is 23.9. The van der Waals surface area contributed by atoms with Crippen LogP contribution in [0.2, 0.25) is 0 Å². The van der Waals surface area contributed by atoms with Crippen LogP contribution in [0.1, 0.15) is 61.8 Å². The number of ether oxygens (including phenoxy) is 3. The van der Waals surface area contributed by atoms with Gasteiger partial charge in [-0.15, -0.1) is 0 Å². The summed E-state index contributed by atoms with van der Waals surface area (Å²) in [7, 11) is 1.56. The van der Waals surface area contributed by atoms with Gasteiger partial charge >= 0.3 is 5.97 Å². The van der Waals surface area contributed by atoms with Crippen molar-refractivity contribution in [1.29, 1.82) is 0 Å². The van der Waals surface area contributed by atoms with Gasteiger partial charge in [-0.3, -0.25) is 9.59 Å². The fourth-order valence-corrected chi connectivity index (χ4v) is 4.22. The van der Waals surface area contributed by atoms with E-state index in [4.69, 9.17) is 14.2 Å². The largest absolute Gasteiger partial charge is 0.508 e. The minimum absolute atomic E-state index is 0.0531. The fourth-order valence-electron chi connectivity index (χ4n) is 4.22. The Morgan fingerprint density at radius 2 is 1.88 bits per heavy atom. The van der Waals surface area contributed by atoms with Crippen molar-refractivity contribution in [2.24, 2.45) is 0 Å². The molecule has 1 aliphatic rings. The molecule has 172 valence electrons. The summed E-state index contributed by atoms with van der Waals surface area (Å²) >= 11 is 0. The van der Waals surface area contributed by atoms with E-state index in [1.807, 2.05) is 26.8 Å². The smallest absolute Gasteiger partial charge is 0.315 e. The van der Waals surface area contributed by atoms with Crippen LogP contribution >= 0.6 is 0 Å². The predicted molar refractivity (Wildman–Crippen MR) is 122 cm³/mol. The second-order valence-electron chi connectivity index (χ2n) is 8.20. The lowest BCUT2D eigenvalue weighted by atomic mass is 10.00. The number of fused-ring (bicyclic) bond motifs is 1. The Morgan fingerprint density at radius 3 is 2.53 bits per heavy atom. The molecule has 3 rings (SSSR count). The number of amides is 1. The van der Waals surface area contributed by atoms with E-state index in [9.17, 15) is 14.7 Å². The summed E-state index contributed by atoms with van der Waals surface area (Å²) in [6.45, 7) is 7.84. The Morgan fingerprint density at radius 1 is 1.16 bits per heavy atom. The van der Waals surface area contributed by atoms with Crippen molar-refractivity contribution in [3.05, 3.63) is 40.5 Å². The first-order valence-corrected chi connectivity index (χ1v) is 10.9. The van der Waals surface area contributed by atoms with Crippen molar-refractivity contribution in [3.8, 4) is 23.0 Å². The molecule has 0 atom stereocenters. The SMILES string of the molecule is CCOC(=O)CC(=O)Nc1cc(C)c(Oc2ccc(O)c(C(C)C)c2OC)c2c1CCC2. The molecular weight excluding hydrogens is 410 g/mol. The maximum absolute atomic E-state index is 12.3. The molecule has 0 fully saturated rings.